The Morgan fingerprint density at radius 2 is 1.86 bits per heavy atom. The Labute approximate surface area is 125 Å². The molecule has 1 amide bonds. The van der Waals surface area contributed by atoms with E-state index in [0.29, 0.717) is 23.5 Å². The van der Waals surface area contributed by atoms with Crippen LogP contribution in [0.25, 0.3) is 0 Å². The van der Waals surface area contributed by atoms with Crippen molar-refractivity contribution < 1.29 is 9.53 Å². The Balaban J connectivity index is 2.34. The van der Waals surface area contributed by atoms with Crippen LogP contribution < -0.4 is 15.4 Å². The zero-order chi connectivity index (χ0) is 15.4. The molecule has 0 aliphatic carbocycles. The van der Waals surface area contributed by atoms with Gasteiger partial charge in [-0.3, -0.25) is 4.79 Å². The topological polar surface area (TPSA) is 55.6 Å². The Hall–Kier alpha value is -2.49. The highest BCUT2D eigenvalue weighted by molar-refractivity contribution is 6.06. The van der Waals surface area contributed by atoms with Crippen molar-refractivity contribution in [2.45, 2.75) is 13.8 Å². The minimum atomic E-state index is -0.0550. The van der Waals surface area contributed by atoms with Gasteiger partial charge in [-0.05, 0) is 55.8 Å². The van der Waals surface area contributed by atoms with Gasteiger partial charge in [-0.15, -0.1) is 0 Å². The minimum absolute atomic E-state index is 0.0550. The van der Waals surface area contributed by atoms with Crippen molar-refractivity contribution >= 4 is 17.3 Å². The molecule has 4 heteroatoms. The van der Waals surface area contributed by atoms with Crippen LogP contribution in [0.3, 0.4) is 0 Å². The molecule has 2 rings (SSSR count). The number of carbonyl (C=O) groups excluding carboxylic acids is 1. The number of nitrogen functional groups attached to an aromatic ring is 1. The van der Waals surface area contributed by atoms with Gasteiger partial charge in [0.25, 0.3) is 5.91 Å². The fourth-order valence-electron chi connectivity index (χ4n) is 2.21. The van der Waals surface area contributed by atoms with Crippen LogP contribution in [0.15, 0.2) is 42.5 Å². The number of benzene rings is 2. The summed E-state index contributed by atoms with van der Waals surface area (Å²) in [5.74, 6) is 0.662. The minimum Gasteiger partial charge on any atom is -0.496 e. The summed E-state index contributed by atoms with van der Waals surface area (Å²) in [4.78, 5) is 14.4. The third-order valence-electron chi connectivity index (χ3n) is 3.42. The van der Waals surface area contributed by atoms with E-state index in [-0.39, 0.29) is 5.91 Å². The maximum atomic E-state index is 12.7. The second-order valence-electron chi connectivity index (χ2n) is 4.83. The Kier molecular flexibility index (Phi) is 4.48. The highest BCUT2D eigenvalue weighted by Crippen LogP contribution is 2.23. The lowest BCUT2D eigenvalue weighted by Gasteiger charge is -2.21. The van der Waals surface area contributed by atoms with Crippen molar-refractivity contribution in [1.82, 2.24) is 0 Å². The Morgan fingerprint density at radius 1 is 1.19 bits per heavy atom. The number of methoxy groups -OCH3 is 1. The summed E-state index contributed by atoms with van der Waals surface area (Å²) in [5, 5.41) is 0. The first-order valence-corrected chi connectivity index (χ1v) is 6.89. The monoisotopic (exact) mass is 284 g/mol. The lowest BCUT2D eigenvalue weighted by atomic mass is 10.1. The van der Waals surface area contributed by atoms with Gasteiger partial charge < -0.3 is 15.4 Å². The van der Waals surface area contributed by atoms with Crippen LogP contribution in [0.1, 0.15) is 22.8 Å². The number of hydrogen-bond donors (Lipinski definition) is 1. The molecule has 0 bridgehead atoms. The van der Waals surface area contributed by atoms with Crippen LogP contribution in [0, 0.1) is 6.92 Å². The SMILES string of the molecule is CCN(C(=O)c1ccc(C)c(OC)c1)c1ccc(N)cc1. The molecule has 0 aliphatic heterocycles. The molecule has 2 aromatic rings. The summed E-state index contributed by atoms with van der Waals surface area (Å²) < 4.78 is 5.28. The van der Waals surface area contributed by atoms with Gasteiger partial charge in [-0.2, -0.15) is 0 Å². The number of amides is 1. The quantitative estimate of drug-likeness (QED) is 0.877. The summed E-state index contributed by atoms with van der Waals surface area (Å²) in [6, 6.07) is 12.8. The molecular weight excluding hydrogens is 264 g/mol. The van der Waals surface area contributed by atoms with E-state index < -0.39 is 0 Å². The van der Waals surface area contributed by atoms with Gasteiger partial charge in [0.1, 0.15) is 5.75 Å². The van der Waals surface area contributed by atoms with E-state index in [1.54, 1.807) is 30.2 Å². The van der Waals surface area contributed by atoms with Gasteiger partial charge in [0, 0.05) is 23.5 Å². The number of anilines is 2. The number of ether oxygens (including phenoxy) is 1. The van der Waals surface area contributed by atoms with Crippen LogP contribution >= 0.6 is 0 Å². The number of nitrogens with two attached hydrogens (primary N) is 1. The molecule has 0 saturated heterocycles. The lowest BCUT2D eigenvalue weighted by Crippen LogP contribution is -2.30. The molecule has 0 radical (unpaired) electrons. The molecule has 4 nitrogen and oxygen atoms in total. The summed E-state index contributed by atoms with van der Waals surface area (Å²) in [5.41, 5.74) is 8.81. The van der Waals surface area contributed by atoms with Crippen molar-refractivity contribution in [3.8, 4) is 5.75 Å². The fourth-order valence-corrected chi connectivity index (χ4v) is 2.21. The molecule has 110 valence electrons. The number of carbonyl (C=O) groups is 1. The first-order valence-electron chi connectivity index (χ1n) is 6.89. The molecule has 0 unspecified atom stereocenters. The van der Waals surface area contributed by atoms with E-state index in [9.17, 15) is 4.79 Å². The highest BCUT2D eigenvalue weighted by atomic mass is 16.5. The average Bonchev–Trinajstić information content (AvgIpc) is 2.50. The van der Waals surface area contributed by atoms with Gasteiger partial charge in [-0.25, -0.2) is 0 Å². The standard InChI is InChI=1S/C17H20N2O2/c1-4-19(15-9-7-14(18)8-10-15)17(20)13-6-5-12(2)16(11-13)21-3/h5-11H,4,18H2,1-3H3. The predicted octanol–water partition coefficient (Wildman–Crippen LogP) is 3.25. The van der Waals surface area contributed by atoms with Crippen molar-refractivity contribution in [3.63, 3.8) is 0 Å². The van der Waals surface area contributed by atoms with E-state index in [1.807, 2.05) is 38.1 Å². The zero-order valence-corrected chi connectivity index (χ0v) is 12.6. The molecular formula is C17H20N2O2. The van der Waals surface area contributed by atoms with Crippen molar-refractivity contribution in [1.29, 1.82) is 0 Å². The average molecular weight is 284 g/mol. The largest absolute Gasteiger partial charge is 0.496 e. The van der Waals surface area contributed by atoms with Crippen molar-refractivity contribution in [2.75, 3.05) is 24.3 Å². The summed E-state index contributed by atoms with van der Waals surface area (Å²) in [6.45, 7) is 4.48. The fraction of sp³-hybridized carbons (Fsp3) is 0.235. The van der Waals surface area contributed by atoms with Crippen LogP contribution in [0.4, 0.5) is 11.4 Å². The van der Waals surface area contributed by atoms with E-state index in [1.165, 1.54) is 0 Å². The highest BCUT2D eigenvalue weighted by Gasteiger charge is 2.17. The number of nitrogens with zero attached hydrogens (tertiary/aromatic N) is 1. The molecule has 0 fully saturated rings. The van der Waals surface area contributed by atoms with Crippen molar-refractivity contribution in [3.05, 3.63) is 53.6 Å². The Morgan fingerprint density at radius 3 is 2.43 bits per heavy atom. The molecule has 0 aliphatic rings. The smallest absolute Gasteiger partial charge is 0.258 e. The third-order valence-corrected chi connectivity index (χ3v) is 3.42. The third kappa shape index (κ3) is 3.16. The first-order chi connectivity index (χ1) is 10.1. The van der Waals surface area contributed by atoms with Crippen molar-refractivity contribution in [2.24, 2.45) is 0 Å². The normalized spacial score (nSPS) is 10.2. The van der Waals surface area contributed by atoms with Crippen LogP contribution in [0.5, 0.6) is 5.75 Å². The van der Waals surface area contributed by atoms with Crippen LogP contribution in [-0.4, -0.2) is 19.6 Å². The maximum absolute atomic E-state index is 12.7. The second-order valence-corrected chi connectivity index (χ2v) is 4.83. The second kappa shape index (κ2) is 6.31. The van der Waals surface area contributed by atoms with E-state index in [0.717, 1.165) is 11.3 Å². The molecule has 0 spiro atoms. The lowest BCUT2D eigenvalue weighted by molar-refractivity contribution is 0.0988. The number of hydrogen-bond acceptors (Lipinski definition) is 3. The van der Waals surface area contributed by atoms with Gasteiger partial charge in [0.2, 0.25) is 0 Å². The molecule has 0 atom stereocenters. The van der Waals surface area contributed by atoms with E-state index >= 15 is 0 Å². The number of rotatable bonds is 4. The van der Waals surface area contributed by atoms with Gasteiger partial charge in [0.05, 0.1) is 7.11 Å². The molecule has 21 heavy (non-hydrogen) atoms. The van der Waals surface area contributed by atoms with Gasteiger partial charge >= 0.3 is 0 Å². The zero-order valence-electron chi connectivity index (χ0n) is 12.6. The van der Waals surface area contributed by atoms with E-state index in [4.69, 9.17) is 10.5 Å². The maximum Gasteiger partial charge on any atom is 0.258 e. The summed E-state index contributed by atoms with van der Waals surface area (Å²) in [6.07, 6.45) is 0. The molecule has 0 heterocycles. The number of aryl methyl sites for hydroxylation is 1. The molecule has 0 saturated carbocycles. The van der Waals surface area contributed by atoms with E-state index in [2.05, 4.69) is 0 Å². The van der Waals surface area contributed by atoms with Crippen LogP contribution in [-0.2, 0) is 0 Å². The summed E-state index contributed by atoms with van der Waals surface area (Å²) >= 11 is 0. The molecule has 2 aromatic carbocycles. The van der Waals surface area contributed by atoms with Gasteiger partial charge in [-0.1, -0.05) is 6.07 Å². The van der Waals surface area contributed by atoms with Crippen LogP contribution in [0.2, 0.25) is 0 Å². The predicted molar refractivity (Wildman–Crippen MR) is 85.9 cm³/mol. The Bertz CT molecular complexity index is 636. The first kappa shape index (κ1) is 14.9. The van der Waals surface area contributed by atoms with Gasteiger partial charge in [0.15, 0.2) is 0 Å². The molecule has 2 N–H and O–H groups in total. The summed E-state index contributed by atoms with van der Waals surface area (Å²) in [7, 11) is 1.61. The molecule has 0 aromatic heterocycles.